The number of aryl methyl sites for hydroxylation is 1. The van der Waals surface area contributed by atoms with Crippen LogP contribution in [0.5, 0.6) is 0 Å². The van der Waals surface area contributed by atoms with Gasteiger partial charge in [-0.1, -0.05) is 18.5 Å². The van der Waals surface area contributed by atoms with Crippen molar-refractivity contribution >= 4 is 35.0 Å². The van der Waals surface area contributed by atoms with Crippen LogP contribution in [0.25, 0.3) is 0 Å². The second kappa shape index (κ2) is 6.89. The summed E-state index contributed by atoms with van der Waals surface area (Å²) in [5, 5.41) is 3.83. The number of nitrogens with two attached hydrogens (primary N) is 1. The number of benzene rings is 1. The van der Waals surface area contributed by atoms with Crippen LogP contribution in [-0.2, 0) is 4.79 Å². The first-order valence-electron chi connectivity index (χ1n) is 5.40. The molecule has 1 amide bonds. The van der Waals surface area contributed by atoms with E-state index in [-0.39, 0.29) is 5.91 Å². The van der Waals surface area contributed by atoms with Crippen LogP contribution in [0.1, 0.15) is 12.5 Å². The minimum atomic E-state index is -0.0132. The Kier molecular flexibility index (Phi) is 5.82. The number of nitrogens with one attached hydrogen (secondary N) is 1. The van der Waals surface area contributed by atoms with Gasteiger partial charge in [0.15, 0.2) is 0 Å². The molecule has 0 bridgehead atoms. The maximum absolute atomic E-state index is 11.7. The number of halogens is 1. The van der Waals surface area contributed by atoms with Crippen molar-refractivity contribution in [3.8, 4) is 0 Å². The van der Waals surface area contributed by atoms with Gasteiger partial charge in [0.2, 0.25) is 5.91 Å². The van der Waals surface area contributed by atoms with E-state index in [1.165, 1.54) is 0 Å². The molecule has 0 heterocycles. The summed E-state index contributed by atoms with van der Waals surface area (Å²) in [5.74, 6) is 0.404. The predicted molar refractivity (Wildman–Crippen MR) is 75.8 cm³/mol. The lowest BCUT2D eigenvalue weighted by molar-refractivity contribution is -0.113. The van der Waals surface area contributed by atoms with Crippen LogP contribution in [0.4, 0.5) is 5.69 Å². The minimum Gasteiger partial charge on any atom is -0.329 e. The van der Waals surface area contributed by atoms with Gasteiger partial charge in [0, 0.05) is 22.5 Å². The van der Waals surface area contributed by atoms with E-state index in [1.54, 1.807) is 17.8 Å². The molecule has 0 saturated heterocycles. The Morgan fingerprint density at radius 1 is 1.59 bits per heavy atom. The average Bonchev–Trinajstić information content (AvgIpc) is 2.29. The maximum Gasteiger partial charge on any atom is 0.234 e. The molecule has 0 aliphatic heterocycles. The normalized spacial score (nSPS) is 12.2. The second-order valence-electron chi connectivity index (χ2n) is 3.86. The first-order chi connectivity index (χ1) is 8.02. The Hall–Kier alpha value is -0.710. The second-order valence-corrected chi connectivity index (χ2v) is 5.73. The molecule has 1 aromatic rings. The fourth-order valence-electron chi connectivity index (χ4n) is 1.24. The Balaban J connectivity index is 2.50. The third kappa shape index (κ3) is 4.98. The molecule has 3 N–H and O–H groups in total. The van der Waals surface area contributed by atoms with Crippen LogP contribution < -0.4 is 11.1 Å². The molecule has 0 aromatic heterocycles. The molecule has 0 fully saturated rings. The van der Waals surface area contributed by atoms with E-state index in [0.29, 0.717) is 22.6 Å². The van der Waals surface area contributed by atoms with Gasteiger partial charge in [0.05, 0.1) is 5.75 Å². The molecule has 1 atom stereocenters. The lowest BCUT2D eigenvalue weighted by Crippen LogP contribution is -2.19. The van der Waals surface area contributed by atoms with Crippen LogP contribution in [0.2, 0.25) is 5.02 Å². The van der Waals surface area contributed by atoms with E-state index >= 15 is 0 Å². The molecule has 1 aromatic carbocycles. The molecule has 0 spiro atoms. The quantitative estimate of drug-likeness (QED) is 0.866. The molecule has 0 saturated carbocycles. The lowest BCUT2D eigenvalue weighted by Gasteiger charge is -2.10. The van der Waals surface area contributed by atoms with Crippen molar-refractivity contribution in [1.82, 2.24) is 0 Å². The molecule has 1 unspecified atom stereocenters. The largest absolute Gasteiger partial charge is 0.329 e. The van der Waals surface area contributed by atoms with Gasteiger partial charge in [-0.2, -0.15) is 0 Å². The van der Waals surface area contributed by atoms with Crippen LogP contribution >= 0.6 is 23.4 Å². The smallest absolute Gasteiger partial charge is 0.234 e. The monoisotopic (exact) mass is 272 g/mol. The molecule has 94 valence electrons. The van der Waals surface area contributed by atoms with Crippen molar-refractivity contribution in [3.63, 3.8) is 0 Å². The number of thioether (sulfide) groups is 1. The van der Waals surface area contributed by atoms with Gasteiger partial charge in [0.1, 0.15) is 0 Å². The first kappa shape index (κ1) is 14.4. The number of carbonyl (C=O) groups excluding carboxylic acids is 1. The minimum absolute atomic E-state index is 0.0132. The molecule has 0 radical (unpaired) electrons. The third-order valence-electron chi connectivity index (χ3n) is 2.29. The average molecular weight is 273 g/mol. The van der Waals surface area contributed by atoms with Gasteiger partial charge in [-0.3, -0.25) is 4.79 Å². The van der Waals surface area contributed by atoms with Crippen molar-refractivity contribution < 1.29 is 4.79 Å². The molecule has 0 aliphatic carbocycles. The zero-order valence-electron chi connectivity index (χ0n) is 10.00. The fourth-order valence-corrected chi connectivity index (χ4v) is 2.11. The number of anilines is 1. The molecule has 1 rings (SSSR count). The standard InChI is InChI=1S/C12H17ClN2OS/c1-8-5-10(13)3-4-11(8)15-12(16)7-17-9(2)6-14/h3-5,9H,6-7,14H2,1-2H3,(H,15,16). The van der Waals surface area contributed by atoms with Crippen LogP contribution in [0, 0.1) is 6.92 Å². The van der Waals surface area contributed by atoms with Gasteiger partial charge in [-0.15, -0.1) is 11.8 Å². The number of hydrogen-bond acceptors (Lipinski definition) is 3. The van der Waals surface area contributed by atoms with E-state index in [2.05, 4.69) is 5.32 Å². The highest BCUT2D eigenvalue weighted by molar-refractivity contribution is 8.00. The number of hydrogen-bond donors (Lipinski definition) is 2. The van der Waals surface area contributed by atoms with Crippen LogP contribution in [0.15, 0.2) is 18.2 Å². The topological polar surface area (TPSA) is 55.1 Å². The number of carbonyl (C=O) groups is 1. The Morgan fingerprint density at radius 3 is 2.88 bits per heavy atom. The lowest BCUT2D eigenvalue weighted by atomic mass is 10.2. The summed E-state index contributed by atoms with van der Waals surface area (Å²) in [4.78, 5) is 11.7. The highest BCUT2D eigenvalue weighted by Crippen LogP contribution is 2.20. The van der Waals surface area contributed by atoms with Gasteiger partial charge < -0.3 is 11.1 Å². The molecular formula is C12H17ClN2OS. The van der Waals surface area contributed by atoms with Crippen molar-refractivity contribution in [3.05, 3.63) is 28.8 Å². The highest BCUT2D eigenvalue weighted by Gasteiger charge is 2.07. The van der Waals surface area contributed by atoms with E-state index in [0.717, 1.165) is 11.3 Å². The maximum atomic E-state index is 11.7. The molecule has 3 nitrogen and oxygen atoms in total. The molecular weight excluding hydrogens is 256 g/mol. The zero-order chi connectivity index (χ0) is 12.8. The summed E-state index contributed by atoms with van der Waals surface area (Å²) < 4.78 is 0. The van der Waals surface area contributed by atoms with Gasteiger partial charge in [0.25, 0.3) is 0 Å². The summed E-state index contributed by atoms with van der Waals surface area (Å²) in [7, 11) is 0. The van der Waals surface area contributed by atoms with E-state index < -0.39 is 0 Å². The Morgan fingerprint density at radius 2 is 2.29 bits per heavy atom. The SMILES string of the molecule is Cc1cc(Cl)ccc1NC(=O)CSC(C)CN. The van der Waals surface area contributed by atoms with Crippen molar-refractivity contribution in [1.29, 1.82) is 0 Å². The van der Waals surface area contributed by atoms with Crippen molar-refractivity contribution in [2.45, 2.75) is 19.1 Å². The molecule has 0 aliphatic rings. The highest BCUT2D eigenvalue weighted by atomic mass is 35.5. The number of rotatable bonds is 5. The fraction of sp³-hybridized carbons (Fsp3) is 0.417. The van der Waals surface area contributed by atoms with E-state index in [9.17, 15) is 4.79 Å². The van der Waals surface area contributed by atoms with Crippen LogP contribution in [-0.4, -0.2) is 23.5 Å². The van der Waals surface area contributed by atoms with Crippen LogP contribution in [0.3, 0.4) is 0 Å². The molecule has 5 heteroatoms. The van der Waals surface area contributed by atoms with Gasteiger partial charge >= 0.3 is 0 Å². The summed E-state index contributed by atoms with van der Waals surface area (Å²) >= 11 is 7.39. The number of amides is 1. The Bertz CT molecular complexity index is 398. The first-order valence-corrected chi connectivity index (χ1v) is 6.83. The van der Waals surface area contributed by atoms with E-state index in [1.807, 2.05) is 26.0 Å². The van der Waals surface area contributed by atoms with Crippen molar-refractivity contribution in [2.75, 3.05) is 17.6 Å². The summed E-state index contributed by atoms with van der Waals surface area (Å²) in [6, 6.07) is 5.40. The third-order valence-corrected chi connectivity index (χ3v) is 3.72. The molecule has 17 heavy (non-hydrogen) atoms. The summed E-state index contributed by atoms with van der Waals surface area (Å²) in [6.07, 6.45) is 0. The predicted octanol–water partition coefficient (Wildman–Crippen LogP) is 2.67. The summed E-state index contributed by atoms with van der Waals surface area (Å²) in [6.45, 7) is 4.50. The van der Waals surface area contributed by atoms with Gasteiger partial charge in [-0.25, -0.2) is 0 Å². The zero-order valence-corrected chi connectivity index (χ0v) is 11.6. The summed E-state index contributed by atoms with van der Waals surface area (Å²) in [5.41, 5.74) is 7.25. The van der Waals surface area contributed by atoms with Gasteiger partial charge in [-0.05, 0) is 30.7 Å². The van der Waals surface area contributed by atoms with E-state index in [4.69, 9.17) is 17.3 Å². The van der Waals surface area contributed by atoms with Crippen molar-refractivity contribution in [2.24, 2.45) is 5.73 Å². The Labute approximate surface area is 111 Å².